The van der Waals surface area contributed by atoms with Gasteiger partial charge >= 0.3 is 30.2 Å². The number of allylic oxidation sites excluding steroid dienone is 1. The minimum absolute atomic E-state index is 0.444. The quantitative estimate of drug-likeness (QED) is 0.576. The number of hydrogen-bond donors (Lipinski definition) is 0. The standard InChI is InChI=1S/C9H5F9O4/c10-4(7(11,12)13)1-2-21-6(3-20-5(19)22-6)8(14,15)9(16,17)18/h1H,2-3H2. The highest BCUT2D eigenvalue weighted by Gasteiger charge is 2.76. The van der Waals surface area contributed by atoms with Crippen LogP contribution in [0.2, 0.25) is 0 Å². The number of carbonyl (C=O) groups excluding carboxylic acids is 1. The SMILES string of the molecule is O=C1OCC(OCC=C(F)C(F)(F)F)(C(F)(F)C(F)(F)F)O1. The zero-order valence-electron chi connectivity index (χ0n) is 10.0. The van der Waals surface area contributed by atoms with Crippen LogP contribution in [-0.4, -0.2) is 43.4 Å². The number of hydrogen-bond acceptors (Lipinski definition) is 4. The molecule has 0 aromatic rings. The van der Waals surface area contributed by atoms with Crippen LogP contribution in [0.3, 0.4) is 0 Å². The Morgan fingerprint density at radius 1 is 1.18 bits per heavy atom. The van der Waals surface area contributed by atoms with Crippen LogP contribution in [0.15, 0.2) is 11.9 Å². The average molecular weight is 348 g/mol. The van der Waals surface area contributed by atoms with Crippen LogP contribution in [0.25, 0.3) is 0 Å². The minimum atomic E-state index is -6.27. The molecule has 0 radical (unpaired) electrons. The van der Waals surface area contributed by atoms with Gasteiger partial charge in [0.15, 0.2) is 6.61 Å². The van der Waals surface area contributed by atoms with Crippen molar-refractivity contribution in [3.05, 3.63) is 11.9 Å². The largest absolute Gasteiger partial charge is 0.511 e. The maximum absolute atomic E-state index is 13.3. The molecule has 0 N–H and O–H groups in total. The van der Waals surface area contributed by atoms with E-state index >= 15 is 0 Å². The molecular formula is C9H5F9O4. The summed E-state index contributed by atoms with van der Waals surface area (Å²) in [7, 11) is 0. The monoisotopic (exact) mass is 348 g/mol. The van der Waals surface area contributed by atoms with Crippen LogP contribution in [-0.2, 0) is 14.2 Å². The Hall–Kier alpha value is -1.66. The summed E-state index contributed by atoms with van der Waals surface area (Å²) in [4.78, 5) is 10.6. The smallest absolute Gasteiger partial charge is 0.427 e. The maximum Gasteiger partial charge on any atom is 0.511 e. The predicted octanol–water partition coefficient (Wildman–Crippen LogP) is 3.48. The lowest BCUT2D eigenvalue weighted by atomic mass is 10.1. The van der Waals surface area contributed by atoms with Gasteiger partial charge in [-0.3, -0.25) is 0 Å². The van der Waals surface area contributed by atoms with Crippen molar-refractivity contribution >= 4 is 6.16 Å². The van der Waals surface area contributed by atoms with Crippen molar-refractivity contribution in [2.45, 2.75) is 24.1 Å². The van der Waals surface area contributed by atoms with Gasteiger partial charge in [0.1, 0.15) is 0 Å². The van der Waals surface area contributed by atoms with Crippen molar-refractivity contribution in [3.63, 3.8) is 0 Å². The lowest BCUT2D eigenvalue weighted by Gasteiger charge is -2.33. The molecule has 1 rings (SSSR count). The number of rotatable bonds is 4. The summed E-state index contributed by atoms with van der Waals surface area (Å²) in [6.45, 7) is -3.44. The first-order valence-electron chi connectivity index (χ1n) is 5.10. The molecule has 0 amide bonds. The first-order valence-corrected chi connectivity index (χ1v) is 5.10. The second kappa shape index (κ2) is 5.52. The van der Waals surface area contributed by atoms with Crippen LogP contribution in [0.4, 0.5) is 44.3 Å². The summed E-state index contributed by atoms with van der Waals surface area (Å²) < 4.78 is 122. The van der Waals surface area contributed by atoms with E-state index in [1.165, 1.54) is 0 Å². The number of cyclic esters (lactones) is 2. The number of carbonyl (C=O) groups is 1. The first kappa shape index (κ1) is 18.4. The molecule has 0 aliphatic carbocycles. The lowest BCUT2D eigenvalue weighted by molar-refractivity contribution is -0.392. The fraction of sp³-hybridized carbons (Fsp3) is 0.667. The Labute approximate surface area is 115 Å². The van der Waals surface area contributed by atoms with Gasteiger partial charge in [-0.15, -0.1) is 0 Å². The van der Waals surface area contributed by atoms with E-state index in [9.17, 15) is 44.3 Å². The molecule has 1 atom stereocenters. The van der Waals surface area contributed by atoms with E-state index in [0.29, 0.717) is 0 Å². The second-order valence-corrected chi connectivity index (χ2v) is 3.83. The molecule has 0 aromatic heterocycles. The second-order valence-electron chi connectivity index (χ2n) is 3.83. The average Bonchev–Trinajstić information content (AvgIpc) is 2.69. The van der Waals surface area contributed by atoms with E-state index in [2.05, 4.69) is 14.2 Å². The fourth-order valence-electron chi connectivity index (χ4n) is 1.25. The maximum atomic E-state index is 13.3. The topological polar surface area (TPSA) is 44.8 Å². The first-order chi connectivity index (χ1) is 9.73. The summed E-state index contributed by atoms with van der Waals surface area (Å²) in [6.07, 6.45) is -14.1. The Bertz CT molecular complexity index is 467. The summed E-state index contributed by atoms with van der Waals surface area (Å²) in [6, 6.07) is 0. The Morgan fingerprint density at radius 3 is 2.09 bits per heavy atom. The van der Waals surface area contributed by atoms with Crippen molar-refractivity contribution in [3.8, 4) is 0 Å². The third-order valence-corrected chi connectivity index (χ3v) is 2.31. The summed E-state index contributed by atoms with van der Waals surface area (Å²) in [5.41, 5.74) is 0. The number of ether oxygens (including phenoxy) is 3. The van der Waals surface area contributed by atoms with E-state index in [1.54, 1.807) is 0 Å². The van der Waals surface area contributed by atoms with E-state index < -0.39 is 55.3 Å². The molecular weight excluding hydrogens is 343 g/mol. The van der Waals surface area contributed by atoms with Gasteiger partial charge < -0.3 is 14.2 Å². The molecule has 1 aliphatic rings. The predicted molar refractivity (Wildman–Crippen MR) is 47.4 cm³/mol. The number of alkyl halides is 8. The van der Waals surface area contributed by atoms with Gasteiger partial charge in [0.2, 0.25) is 5.83 Å². The van der Waals surface area contributed by atoms with Gasteiger partial charge in [0.05, 0.1) is 6.61 Å². The summed E-state index contributed by atoms with van der Waals surface area (Å²) >= 11 is 0. The molecule has 22 heavy (non-hydrogen) atoms. The molecule has 1 fully saturated rings. The fourth-order valence-corrected chi connectivity index (χ4v) is 1.25. The van der Waals surface area contributed by atoms with Crippen molar-refractivity contribution in [1.29, 1.82) is 0 Å². The Balaban J connectivity index is 2.99. The minimum Gasteiger partial charge on any atom is -0.427 e. The van der Waals surface area contributed by atoms with E-state index in [0.717, 1.165) is 0 Å². The highest BCUT2D eigenvalue weighted by atomic mass is 19.4. The molecule has 4 nitrogen and oxygen atoms in total. The highest BCUT2D eigenvalue weighted by molar-refractivity contribution is 5.62. The van der Waals surface area contributed by atoms with Gasteiger partial charge in [0.25, 0.3) is 0 Å². The third kappa shape index (κ3) is 3.39. The molecule has 1 unspecified atom stereocenters. The Morgan fingerprint density at radius 2 is 1.73 bits per heavy atom. The summed E-state index contributed by atoms with van der Waals surface area (Å²) in [5.74, 6) is -12.7. The molecule has 0 bridgehead atoms. The van der Waals surface area contributed by atoms with Crippen LogP contribution in [0.5, 0.6) is 0 Å². The molecule has 128 valence electrons. The van der Waals surface area contributed by atoms with Crippen molar-refractivity contribution in [1.82, 2.24) is 0 Å². The summed E-state index contributed by atoms with van der Waals surface area (Å²) in [5, 5.41) is 0. The van der Waals surface area contributed by atoms with Crippen LogP contribution in [0.1, 0.15) is 0 Å². The van der Waals surface area contributed by atoms with Gasteiger partial charge in [-0.25, -0.2) is 9.18 Å². The van der Waals surface area contributed by atoms with Crippen LogP contribution in [0, 0.1) is 0 Å². The van der Waals surface area contributed by atoms with E-state index in [-0.39, 0.29) is 0 Å². The van der Waals surface area contributed by atoms with Gasteiger partial charge in [0, 0.05) is 0 Å². The molecule has 0 spiro atoms. The van der Waals surface area contributed by atoms with Crippen LogP contribution >= 0.6 is 0 Å². The molecule has 1 heterocycles. The number of halogens is 9. The normalized spacial score (nSPS) is 24.2. The van der Waals surface area contributed by atoms with Gasteiger partial charge in [-0.1, -0.05) is 0 Å². The zero-order valence-corrected chi connectivity index (χ0v) is 10.0. The zero-order chi connectivity index (χ0) is 17.4. The van der Waals surface area contributed by atoms with Crippen molar-refractivity contribution < 1.29 is 58.5 Å². The molecule has 1 aliphatic heterocycles. The highest BCUT2D eigenvalue weighted by Crippen LogP contribution is 2.48. The molecule has 0 aromatic carbocycles. The Kier molecular flexibility index (Phi) is 4.61. The third-order valence-electron chi connectivity index (χ3n) is 2.31. The van der Waals surface area contributed by atoms with Crippen molar-refractivity contribution in [2.24, 2.45) is 0 Å². The lowest BCUT2D eigenvalue weighted by Crippen LogP contribution is -2.60. The van der Waals surface area contributed by atoms with Gasteiger partial charge in [-0.2, -0.15) is 35.1 Å². The van der Waals surface area contributed by atoms with Crippen molar-refractivity contribution in [2.75, 3.05) is 13.2 Å². The molecule has 0 saturated carbocycles. The molecule has 1 saturated heterocycles. The van der Waals surface area contributed by atoms with E-state index in [4.69, 9.17) is 0 Å². The molecule has 13 heteroatoms. The van der Waals surface area contributed by atoms with E-state index in [1.807, 2.05) is 0 Å². The van der Waals surface area contributed by atoms with Crippen LogP contribution < -0.4 is 0 Å². The van der Waals surface area contributed by atoms with Gasteiger partial charge in [-0.05, 0) is 6.08 Å².